The van der Waals surface area contributed by atoms with E-state index in [0.717, 1.165) is 10.1 Å². The van der Waals surface area contributed by atoms with Gasteiger partial charge in [-0.3, -0.25) is 4.72 Å². The highest BCUT2D eigenvalue weighted by Crippen LogP contribution is 2.31. The van der Waals surface area contributed by atoms with Gasteiger partial charge in [0.1, 0.15) is 5.75 Å². The molecule has 0 fully saturated rings. The number of hydrogen-bond acceptors (Lipinski definition) is 5. The Hall–Kier alpha value is -2.58. The largest absolute Gasteiger partial charge is 0.481 e. The Kier molecular flexibility index (Phi) is 4.88. The molecule has 0 saturated heterocycles. The third kappa shape index (κ3) is 3.66. The maximum absolute atomic E-state index is 12.8. The van der Waals surface area contributed by atoms with Gasteiger partial charge in [0, 0.05) is 16.0 Å². The van der Waals surface area contributed by atoms with Crippen molar-refractivity contribution in [3.05, 3.63) is 52.9 Å². The molecule has 0 saturated carbocycles. The number of fused-ring (bicyclic) bond motifs is 1. The molecular weight excluding hydrogens is 374 g/mol. The number of carboxylic acid groups (broad SMARTS) is 1. The molecule has 2 aromatic carbocycles. The van der Waals surface area contributed by atoms with Gasteiger partial charge in [-0.1, -0.05) is 6.07 Å². The van der Waals surface area contributed by atoms with Crippen LogP contribution < -0.4 is 9.46 Å². The molecule has 0 bridgehead atoms. The van der Waals surface area contributed by atoms with Crippen molar-refractivity contribution in [2.45, 2.75) is 18.7 Å². The number of ether oxygens (including phenoxy) is 1. The second-order valence-corrected chi connectivity index (χ2v) is 8.39. The Balaban J connectivity index is 1.95. The van der Waals surface area contributed by atoms with Crippen LogP contribution in [0.5, 0.6) is 5.75 Å². The summed E-state index contributed by atoms with van der Waals surface area (Å²) in [7, 11) is -3.85. The zero-order valence-electron chi connectivity index (χ0n) is 14.1. The van der Waals surface area contributed by atoms with E-state index in [1.165, 1.54) is 6.07 Å². The van der Waals surface area contributed by atoms with E-state index in [4.69, 9.17) is 9.84 Å². The molecule has 0 atom stereocenters. The summed E-state index contributed by atoms with van der Waals surface area (Å²) in [6.07, 6.45) is 0. The van der Waals surface area contributed by atoms with E-state index in [2.05, 4.69) is 4.72 Å². The Labute approximate surface area is 155 Å². The summed E-state index contributed by atoms with van der Waals surface area (Å²) in [6.45, 7) is 2.80. The highest BCUT2D eigenvalue weighted by Gasteiger charge is 2.21. The molecule has 0 aliphatic rings. The quantitative estimate of drug-likeness (QED) is 0.667. The Morgan fingerprint density at radius 1 is 1.19 bits per heavy atom. The lowest BCUT2D eigenvalue weighted by atomic mass is 10.1. The number of sulfonamides is 1. The second-order valence-electron chi connectivity index (χ2n) is 5.80. The first-order valence-electron chi connectivity index (χ1n) is 7.73. The van der Waals surface area contributed by atoms with Gasteiger partial charge >= 0.3 is 5.97 Å². The first-order chi connectivity index (χ1) is 12.3. The van der Waals surface area contributed by atoms with Gasteiger partial charge < -0.3 is 9.84 Å². The van der Waals surface area contributed by atoms with E-state index in [9.17, 15) is 13.2 Å². The lowest BCUT2D eigenvalue weighted by Gasteiger charge is -2.15. The summed E-state index contributed by atoms with van der Waals surface area (Å²) in [5, 5.41) is 11.7. The SMILES string of the molecule is Cc1ccc(S(=O)(=O)Nc2ccc3sccc3c2)c(C)c1OCC(=O)O. The van der Waals surface area contributed by atoms with Crippen LogP contribution in [0.3, 0.4) is 0 Å². The van der Waals surface area contributed by atoms with E-state index in [1.54, 1.807) is 43.4 Å². The lowest BCUT2D eigenvalue weighted by Crippen LogP contribution is -2.16. The van der Waals surface area contributed by atoms with Crippen LogP contribution in [0.15, 0.2) is 46.7 Å². The Bertz CT molecular complexity index is 1090. The van der Waals surface area contributed by atoms with Crippen LogP contribution in [0.25, 0.3) is 10.1 Å². The molecule has 2 N–H and O–H groups in total. The van der Waals surface area contributed by atoms with E-state index in [1.807, 2.05) is 17.5 Å². The highest BCUT2D eigenvalue weighted by atomic mass is 32.2. The highest BCUT2D eigenvalue weighted by molar-refractivity contribution is 7.92. The average Bonchev–Trinajstić information content (AvgIpc) is 3.01. The van der Waals surface area contributed by atoms with Gasteiger partial charge in [0.05, 0.1) is 4.90 Å². The van der Waals surface area contributed by atoms with E-state index >= 15 is 0 Å². The van der Waals surface area contributed by atoms with Gasteiger partial charge in [-0.15, -0.1) is 11.3 Å². The van der Waals surface area contributed by atoms with E-state index in [-0.39, 0.29) is 10.6 Å². The van der Waals surface area contributed by atoms with Gasteiger partial charge in [0.2, 0.25) is 0 Å². The van der Waals surface area contributed by atoms with Gasteiger partial charge in [-0.25, -0.2) is 13.2 Å². The summed E-state index contributed by atoms with van der Waals surface area (Å²) >= 11 is 1.58. The van der Waals surface area contributed by atoms with Crippen LogP contribution in [0.1, 0.15) is 11.1 Å². The fourth-order valence-electron chi connectivity index (χ4n) is 2.70. The summed E-state index contributed by atoms with van der Waals surface area (Å²) in [5.41, 5.74) is 1.50. The summed E-state index contributed by atoms with van der Waals surface area (Å²) < 4.78 is 34.6. The normalized spacial score (nSPS) is 11.5. The number of carboxylic acids is 1. The van der Waals surface area contributed by atoms with Crippen molar-refractivity contribution in [3.63, 3.8) is 0 Å². The number of nitrogens with one attached hydrogen (secondary N) is 1. The maximum atomic E-state index is 12.8. The third-order valence-corrected chi connectivity index (χ3v) is 6.31. The van der Waals surface area contributed by atoms with Crippen molar-refractivity contribution in [2.75, 3.05) is 11.3 Å². The van der Waals surface area contributed by atoms with Gasteiger partial charge in [0.15, 0.2) is 6.61 Å². The van der Waals surface area contributed by atoms with Crippen LogP contribution in [-0.2, 0) is 14.8 Å². The molecule has 0 amide bonds. The van der Waals surface area contributed by atoms with Crippen LogP contribution >= 0.6 is 11.3 Å². The van der Waals surface area contributed by atoms with Crippen molar-refractivity contribution < 1.29 is 23.1 Å². The lowest BCUT2D eigenvalue weighted by molar-refractivity contribution is -0.139. The molecule has 3 rings (SSSR count). The zero-order valence-corrected chi connectivity index (χ0v) is 15.8. The minimum absolute atomic E-state index is 0.0499. The minimum atomic E-state index is -3.85. The van der Waals surface area contributed by atoms with Crippen molar-refractivity contribution in [2.24, 2.45) is 0 Å². The molecule has 0 aliphatic carbocycles. The van der Waals surface area contributed by atoms with Crippen molar-refractivity contribution in [1.29, 1.82) is 0 Å². The molecular formula is C18H17NO5S2. The molecule has 0 unspecified atom stereocenters. The first-order valence-corrected chi connectivity index (χ1v) is 10.1. The predicted octanol–water partition coefficient (Wildman–Crippen LogP) is 3.78. The molecule has 3 aromatic rings. The van der Waals surface area contributed by atoms with Crippen molar-refractivity contribution >= 4 is 43.1 Å². The predicted molar refractivity (Wildman–Crippen MR) is 102 cm³/mol. The summed E-state index contributed by atoms with van der Waals surface area (Å²) in [6, 6.07) is 10.4. The fourth-order valence-corrected chi connectivity index (χ4v) is 4.76. The monoisotopic (exact) mass is 391 g/mol. The van der Waals surface area contributed by atoms with Crippen LogP contribution in [-0.4, -0.2) is 26.1 Å². The number of aliphatic carboxylic acids is 1. The smallest absolute Gasteiger partial charge is 0.341 e. The Morgan fingerprint density at radius 2 is 1.96 bits per heavy atom. The molecule has 136 valence electrons. The molecule has 0 radical (unpaired) electrons. The molecule has 26 heavy (non-hydrogen) atoms. The fraction of sp³-hybridized carbons (Fsp3) is 0.167. The summed E-state index contributed by atoms with van der Waals surface area (Å²) in [4.78, 5) is 10.8. The van der Waals surface area contributed by atoms with Crippen molar-refractivity contribution in [1.82, 2.24) is 0 Å². The molecule has 0 aliphatic heterocycles. The van der Waals surface area contributed by atoms with Crippen molar-refractivity contribution in [3.8, 4) is 5.75 Å². The van der Waals surface area contributed by atoms with Gasteiger partial charge in [-0.2, -0.15) is 0 Å². The molecule has 6 nitrogen and oxygen atoms in total. The first kappa shape index (κ1) is 18.2. The summed E-state index contributed by atoms with van der Waals surface area (Å²) in [5.74, 6) is -0.859. The zero-order chi connectivity index (χ0) is 18.9. The standard InChI is InChI=1S/C18H17NO5S2/c1-11-3-6-16(12(2)18(11)24-10-17(20)21)26(22,23)19-14-4-5-15-13(9-14)7-8-25-15/h3-9,19H,10H2,1-2H3,(H,20,21). The number of carbonyl (C=O) groups is 1. The number of benzene rings is 2. The van der Waals surface area contributed by atoms with E-state index < -0.39 is 22.6 Å². The van der Waals surface area contributed by atoms with Gasteiger partial charge in [-0.05, 0) is 60.5 Å². The average molecular weight is 391 g/mol. The minimum Gasteiger partial charge on any atom is -0.481 e. The maximum Gasteiger partial charge on any atom is 0.341 e. The molecule has 8 heteroatoms. The number of hydrogen-bond donors (Lipinski definition) is 2. The molecule has 1 heterocycles. The second kappa shape index (κ2) is 6.97. The number of thiophene rings is 1. The van der Waals surface area contributed by atoms with Gasteiger partial charge in [0.25, 0.3) is 10.0 Å². The molecule has 0 spiro atoms. The topological polar surface area (TPSA) is 92.7 Å². The van der Waals surface area contributed by atoms with Crippen LogP contribution in [0, 0.1) is 13.8 Å². The third-order valence-electron chi connectivity index (χ3n) is 3.89. The number of rotatable bonds is 6. The van der Waals surface area contributed by atoms with Crippen LogP contribution in [0.2, 0.25) is 0 Å². The number of anilines is 1. The molecule has 1 aromatic heterocycles. The van der Waals surface area contributed by atoms with E-state index in [0.29, 0.717) is 16.8 Å². The van der Waals surface area contributed by atoms with Crippen LogP contribution in [0.4, 0.5) is 5.69 Å². The Morgan fingerprint density at radius 3 is 2.69 bits per heavy atom. The number of aryl methyl sites for hydroxylation is 1.